The van der Waals surface area contributed by atoms with Crippen molar-refractivity contribution in [2.24, 2.45) is 5.10 Å². The van der Waals surface area contributed by atoms with Crippen LogP contribution < -0.4 is 5.43 Å². The third-order valence-corrected chi connectivity index (χ3v) is 2.76. The van der Waals surface area contributed by atoms with E-state index in [0.717, 1.165) is 11.3 Å². The molecule has 3 rings (SSSR count). The van der Waals surface area contributed by atoms with E-state index in [4.69, 9.17) is 4.42 Å². The lowest BCUT2D eigenvalue weighted by atomic mass is 10.2. The molecule has 0 aliphatic heterocycles. The Hall–Kier alpha value is -3.02. The van der Waals surface area contributed by atoms with Gasteiger partial charge in [0.25, 0.3) is 0 Å². The Morgan fingerprint density at radius 2 is 1.95 bits per heavy atom. The first kappa shape index (κ1) is 13.0. The van der Waals surface area contributed by atoms with Crippen LogP contribution in [0.25, 0.3) is 11.3 Å². The zero-order chi connectivity index (χ0) is 14.5. The first-order valence-electron chi connectivity index (χ1n) is 6.21. The molecular formula is C15H11FN4O. The van der Waals surface area contributed by atoms with Crippen molar-refractivity contribution in [3.8, 4) is 11.3 Å². The predicted molar refractivity (Wildman–Crippen MR) is 77.4 cm³/mol. The predicted octanol–water partition coefficient (Wildman–Crippen LogP) is 3.32. The highest BCUT2D eigenvalue weighted by Gasteiger charge is 2.00. The van der Waals surface area contributed by atoms with Gasteiger partial charge in [-0.1, -0.05) is 0 Å². The van der Waals surface area contributed by atoms with Crippen molar-refractivity contribution >= 4 is 11.9 Å². The van der Waals surface area contributed by atoms with Crippen LogP contribution in [0.2, 0.25) is 0 Å². The molecule has 5 nitrogen and oxygen atoms in total. The van der Waals surface area contributed by atoms with Crippen LogP contribution in [0.4, 0.5) is 10.1 Å². The second kappa shape index (κ2) is 5.96. The lowest BCUT2D eigenvalue weighted by Gasteiger charge is -2.01. The summed E-state index contributed by atoms with van der Waals surface area (Å²) >= 11 is 0. The van der Waals surface area contributed by atoms with Crippen LogP contribution in [0.5, 0.6) is 0 Å². The Balaban J connectivity index is 1.64. The maximum atomic E-state index is 12.6. The van der Waals surface area contributed by atoms with Gasteiger partial charge in [0.15, 0.2) is 12.2 Å². The highest BCUT2D eigenvalue weighted by molar-refractivity contribution is 5.79. The number of nitrogens with one attached hydrogen (secondary N) is 1. The van der Waals surface area contributed by atoms with Crippen LogP contribution in [0.1, 0.15) is 5.56 Å². The van der Waals surface area contributed by atoms with Crippen LogP contribution in [-0.4, -0.2) is 16.2 Å². The second-order valence-corrected chi connectivity index (χ2v) is 4.23. The molecule has 1 N–H and O–H groups in total. The quantitative estimate of drug-likeness (QED) is 0.453. The minimum Gasteiger partial charge on any atom is -0.444 e. The Bertz CT molecular complexity index is 721. The average Bonchev–Trinajstić information content (AvgIpc) is 3.04. The van der Waals surface area contributed by atoms with Gasteiger partial charge in [0.2, 0.25) is 5.95 Å². The summed E-state index contributed by atoms with van der Waals surface area (Å²) in [5, 5.41) is 4.06. The SMILES string of the molecule is Fc1ccc(C=NNc2ccc(-c3cnco3)cc2)cn1. The standard InChI is InChI=1S/C15H11FN4O/c16-15-6-1-11(7-18-15)8-19-20-13-4-2-12(3-5-13)14-9-17-10-21-14/h1-10,20H. The molecule has 0 unspecified atom stereocenters. The smallest absolute Gasteiger partial charge is 0.212 e. The minimum atomic E-state index is -0.511. The van der Waals surface area contributed by atoms with Crippen LogP contribution >= 0.6 is 0 Å². The molecule has 0 amide bonds. The minimum absolute atomic E-state index is 0.511. The van der Waals surface area contributed by atoms with Crippen LogP contribution in [0, 0.1) is 5.95 Å². The van der Waals surface area contributed by atoms with E-state index in [0.29, 0.717) is 11.3 Å². The van der Waals surface area contributed by atoms with E-state index in [9.17, 15) is 4.39 Å². The summed E-state index contributed by atoms with van der Waals surface area (Å²) in [4.78, 5) is 7.41. The Labute approximate surface area is 120 Å². The molecule has 2 heterocycles. The zero-order valence-corrected chi connectivity index (χ0v) is 10.9. The van der Waals surface area contributed by atoms with Gasteiger partial charge < -0.3 is 4.42 Å². The van der Waals surface area contributed by atoms with Gasteiger partial charge in [0.1, 0.15) is 0 Å². The lowest BCUT2D eigenvalue weighted by molar-refractivity contribution is 0.572. The summed E-state index contributed by atoms with van der Waals surface area (Å²) in [6, 6.07) is 10.4. The highest BCUT2D eigenvalue weighted by atomic mass is 19.1. The monoisotopic (exact) mass is 282 g/mol. The number of anilines is 1. The molecule has 3 aromatic rings. The third-order valence-electron chi connectivity index (χ3n) is 2.76. The van der Waals surface area contributed by atoms with Crippen molar-refractivity contribution in [2.75, 3.05) is 5.43 Å². The fourth-order valence-corrected chi connectivity index (χ4v) is 1.71. The van der Waals surface area contributed by atoms with Crippen LogP contribution in [-0.2, 0) is 0 Å². The van der Waals surface area contributed by atoms with E-state index in [1.807, 2.05) is 24.3 Å². The maximum Gasteiger partial charge on any atom is 0.212 e. The number of hydrazone groups is 1. The molecule has 0 atom stereocenters. The van der Waals surface area contributed by atoms with Gasteiger partial charge in [-0.05, 0) is 36.4 Å². The van der Waals surface area contributed by atoms with Gasteiger partial charge in [-0.15, -0.1) is 0 Å². The molecule has 0 saturated heterocycles. The number of rotatable bonds is 4. The lowest BCUT2D eigenvalue weighted by Crippen LogP contribution is -1.92. The number of aromatic nitrogens is 2. The number of oxazole rings is 1. The number of hydrogen-bond acceptors (Lipinski definition) is 5. The Morgan fingerprint density at radius 1 is 1.10 bits per heavy atom. The summed E-state index contributed by atoms with van der Waals surface area (Å²) in [7, 11) is 0. The van der Waals surface area contributed by atoms with E-state index in [1.54, 1.807) is 18.5 Å². The molecule has 104 valence electrons. The third kappa shape index (κ3) is 3.30. The van der Waals surface area contributed by atoms with Crippen molar-refractivity contribution in [1.82, 2.24) is 9.97 Å². The van der Waals surface area contributed by atoms with Crippen molar-refractivity contribution < 1.29 is 8.81 Å². The molecule has 0 bridgehead atoms. The van der Waals surface area contributed by atoms with Gasteiger partial charge in [0, 0.05) is 17.3 Å². The van der Waals surface area contributed by atoms with Crippen molar-refractivity contribution in [3.63, 3.8) is 0 Å². The van der Waals surface area contributed by atoms with Crippen LogP contribution in [0.3, 0.4) is 0 Å². The van der Waals surface area contributed by atoms with E-state index < -0.39 is 5.95 Å². The number of pyridine rings is 1. The Morgan fingerprint density at radius 3 is 2.62 bits per heavy atom. The first-order chi connectivity index (χ1) is 10.3. The fourth-order valence-electron chi connectivity index (χ4n) is 1.71. The molecular weight excluding hydrogens is 271 g/mol. The Kier molecular flexibility index (Phi) is 3.68. The molecule has 0 aliphatic rings. The molecule has 0 radical (unpaired) electrons. The number of nitrogens with zero attached hydrogens (tertiary/aromatic N) is 3. The summed E-state index contributed by atoms with van der Waals surface area (Å²) < 4.78 is 17.9. The number of benzene rings is 1. The van der Waals surface area contributed by atoms with E-state index >= 15 is 0 Å². The van der Waals surface area contributed by atoms with Gasteiger partial charge in [-0.2, -0.15) is 9.49 Å². The van der Waals surface area contributed by atoms with E-state index in [1.165, 1.54) is 18.7 Å². The average molecular weight is 282 g/mol. The molecule has 0 aliphatic carbocycles. The molecule has 0 spiro atoms. The van der Waals surface area contributed by atoms with Gasteiger partial charge >= 0.3 is 0 Å². The summed E-state index contributed by atoms with van der Waals surface area (Å²) in [5.41, 5.74) is 5.35. The molecule has 0 fully saturated rings. The van der Waals surface area contributed by atoms with Crippen molar-refractivity contribution in [3.05, 3.63) is 66.7 Å². The summed E-state index contributed by atoms with van der Waals surface area (Å²) in [5.74, 6) is 0.200. The van der Waals surface area contributed by atoms with E-state index in [2.05, 4.69) is 20.5 Å². The summed E-state index contributed by atoms with van der Waals surface area (Å²) in [6.07, 6.45) is 6.02. The highest BCUT2D eigenvalue weighted by Crippen LogP contribution is 2.20. The topological polar surface area (TPSA) is 63.3 Å². The maximum absolute atomic E-state index is 12.6. The van der Waals surface area contributed by atoms with Crippen molar-refractivity contribution in [1.29, 1.82) is 0 Å². The van der Waals surface area contributed by atoms with Crippen LogP contribution in [0.15, 0.2) is 64.7 Å². The number of hydrogen-bond donors (Lipinski definition) is 1. The molecule has 0 saturated carbocycles. The van der Waals surface area contributed by atoms with E-state index in [-0.39, 0.29) is 0 Å². The van der Waals surface area contributed by atoms with Gasteiger partial charge in [-0.3, -0.25) is 5.43 Å². The first-order valence-corrected chi connectivity index (χ1v) is 6.21. The normalized spacial score (nSPS) is 10.9. The summed E-state index contributed by atoms with van der Waals surface area (Å²) in [6.45, 7) is 0. The zero-order valence-electron chi connectivity index (χ0n) is 10.9. The fraction of sp³-hybridized carbons (Fsp3) is 0. The van der Waals surface area contributed by atoms with Gasteiger partial charge in [0.05, 0.1) is 18.1 Å². The largest absolute Gasteiger partial charge is 0.444 e. The molecule has 1 aromatic carbocycles. The van der Waals surface area contributed by atoms with Gasteiger partial charge in [-0.25, -0.2) is 9.97 Å². The number of halogens is 1. The molecule has 2 aromatic heterocycles. The molecule has 6 heteroatoms. The van der Waals surface area contributed by atoms with Crippen molar-refractivity contribution in [2.45, 2.75) is 0 Å². The molecule has 21 heavy (non-hydrogen) atoms. The second-order valence-electron chi connectivity index (χ2n) is 4.23.